The molecule has 2 bridgehead atoms. The molecule has 1 N–H and O–H groups in total. The molecule has 0 radical (unpaired) electrons. The van der Waals surface area contributed by atoms with E-state index in [9.17, 15) is 18.3 Å². The van der Waals surface area contributed by atoms with Gasteiger partial charge in [0.05, 0.1) is 0 Å². The summed E-state index contributed by atoms with van der Waals surface area (Å²) in [4.78, 5) is 2.17. The van der Waals surface area contributed by atoms with Crippen LogP contribution >= 0.6 is 0 Å². The van der Waals surface area contributed by atoms with Crippen LogP contribution in [0.3, 0.4) is 0 Å². The summed E-state index contributed by atoms with van der Waals surface area (Å²) in [7, 11) is 0. The highest BCUT2D eigenvalue weighted by Gasteiger charge is 2.59. The largest absolute Gasteiger partial charge is 0.417 e. The van der Waals surface area contributed by atoms with Gasteiger partial charge >= 0.3 is 6.18 Å². The van der Waals surface area contributed by atoms with Crippen LogP contribution in [0.1, 0.15) is 37.7 Å². The van der Waals surface area contributed by atoms with Gasteiger partial charge in [-0.05, 0) is 18.4 Å². The molecule has 2 fully saturated rings. The smallest absolute Gasteiger partial charge is 0.380 e. The molecule has 0 aromatic heterocycles. The molecule has 1 aromatic carbocycles. The number of rotatable bonds is 2. The highest BCUT2D eigenvalue weighted by atomic mass is 19.4. The normalized spacial score (nSPS) is 33.9. The SMILES string of the molecule is OC1(C(F)(F)F)C[C@@H]2CCC[C@@H](C1)N2Cc1ccccc1. The van der Waals surface area contributed by atoms with Crippen LogP contribution in [0.5, 0.6) is 0 Å². The van der Waals surface area contributed by atoms with Crippen molar-refractivity contribution in [2.75, 3.05) is 0 Å². The second kappa shape index (κ2) is 5.29. The summed E-state index contributed by atoms with van der Waals surface area (Å²) in [5.74, 6) is 0. The van der Waals surface area contributed by atoms with Crippen molar-refractivity contribution in [2.24, 2.45) is 0 Å². The maximum atomic E-state index is 13.1. The van der Waals surface area contributed by atoms with Crippen LogP contribution in [0.15, 0.2) is 30.3 Å². The number of hydrogen-bond donors (Lipinski definition) is 1. The molecule has 2 nitrogen and oxygen atoms in total. The van der Waals surface area contributed by atoms with Crippen LogP contribution in [-0.2, 0) is 6.54 Å². The Labute approximate surface area is 122 Å². The number of halogens is 3. The van der Waals surface area contributed by atoms with Crippen molar-refractivity contribution in [3.05, 3.63) is 35.9 Å². The predicted octanol–water partition coefficient (Wildman–Crippen LogP) is 3.50. The summed E-state index contributed by atoms with van der Waals surface area (Å²) in [6.45, 7) is 0.671. The Bertz CT molecular complexity index is 474. The molecule has 0 saturated carbocycles. The molecule has 2 heterocycles. The van der Waals surface area contributed by atoms with E-state index < -0.39 is 11.8 Å². The third-order valence-electron chi connectivity index (χ3n) is 4.89. The van der Waals surface area contributed by atoms with Gasteiger partial charge in [0.15, 0.2) is 5.60 Å². The zero-order valence-corrected chi connectivity index (χ0v) is 11.8. The maximum Gasteiger partial charge on any atom is 0.417 e. The number of alkyl halides is 3. The Morgan fingerprint density at radius 3 is 2.19 bits per heavy atom. The Morgan fingerprint density at radius 2 is 1.67 bits per heavy atom. The van der Waals surface area contributed by atoms with Gasteiger partial charge in [-0.25, -0.2) is 0 Å². The van der Waals surface area contributed by atoms with Crippen LogP contribution in [0.25, 0.3) is 0 Å². The Morgan fingerprint density at radius 1 is 1.10 bits per heavy atom. The molecule has 2 aliphatic rings. The number of piperidine rings is 2. The van der Waals surface area contributed by atoms with E-state index >= 15 is 0 Å². The topological polar surface area (TPSA) is 23.5 Å². The quantitative estimate of drug-likeness (QED) is 0.903. The number of nitrogens with zero attached hydrogens (tertiary/aromatic N) is 1. The monoisotopic (exact) mass is 299 g/mol. The van der Waals surface area contributed by atoms with Crippen molar-refractivity contribution in [3.63, 3.8) is 0 Å². The van der Waals surface area contributed by atoms with Gasteiger partial charge in [-0.2, -0.15) is 13.2 Å². The van der Waals surface area contributed by atoms with Gasteiger partial charge in [0.1, 0.15) is 0 Å². The molecule has 5 heteroatoms. The molecule has 0 aliphatic carbocycles. The summed E-state index contributed by atoms with van der Waals surface area (Å²) in [5, 5.41) is 10.0. The second-order valence-corrected chi connectivity index (χ2v) is 6.33. The molecule has 0 amide bonds. The van der Waals surface area contributed by atoms with E-state index in [-0.39, 0.29) is 24.9 Å². The van der Waals surface area contributed by atoms with Crippen molar-refractivity contribution >= 4 is 0 Å². The van der Waals surface area contributed by atoms with Gasteiger partial charge in [-0.1, -0.05) is 36.8 Å². The summed E-state index contributed by atoms with van der Waals surface area (Å²) < 4.78 is 39.4. The van der Waals surface area contributed by atoms with Crippen molar-refractivity contribution < 1.29 is 18.3 Å². The van der Waals surface area contributed by atoms with Crippen LogP contribution in [0.2, 0.25) is 0 Å². The van der Waals surface area contributed by atoms with Crippen LogP contribution < -0.4 is 0 Å². The van der Waals surface area contributed by atoms with E-state index in [2.05, 4.69) is 4.90 Å². The molecular weight excluding hydrogens is 279 g/mol. The van der Waals surface area contributed by atoms with E-state index in [1.165, 1.54) is 0 Å². The fourth-order valence-corrected chi connectivity index (χ4v) is 3.80. The highest BCUT2D eigenvalue weighted by molar-refractivity contribution is 5.16. The summed E-state index contributed by atoms with van der Waals surface area (Å²) in [6.07, 6.45) is -2.49. The van der Waals surface area contributed by atoms with Crippen molar-refractivity contribution in [3.8, 4) is 0 Å². The fourth-order valence-electron chi connectivity index (χ4n) is 3.80. The van der Waals surface area contributed by atoms with Gasteiger partial charge < -0.3 is 5.11 Å². The lowest BCUT2D eigenvalue weighted by Gasteiger charge is -2.52. The Balaban J connectivity index is 1.79. The van der Waals surface area contributed by atoms with E-state index in [4.69, 9.17) is 0 Å². The van der Waals surface area contributed by atoms with Gasteiger partial charge in [-0.15, -0.1) is 0 Å². The molecule has 3 rings (SSSR count). The molecule has 116 valence electrons. The Hall–Kier alpha value is -1.07. The van der Waals surface area contributed by atoms with E-state index in [0.717, 1.165) is 24.8 Å². The lowest BCUT2D eigenvalue weighted by atomic mass is 9.75. The fraction of sp³-hybridized carbons (Fsp3) is 0.625. The van der Waals surface area contributed by atoms with E-state index in [1.807, 2.05) is 30.3 Å². The maximum absolute atomic E-state index is 13.1. The van der Waals surface area contributed by atoms with E-state index in [1.54, 1.807) is 0 Å². The first-order valence-electron chi connectivity index (χ1n) is 7.48. The molecule has 21 heavy (non-hydrogen) atoms. The number of aliphatic hydroxyl groups is 1. The summed E-state index contributed by atoms with van der Waals surface area (Å²) in [6, 6.07) is 9.47. The second-order valence-electron chi connectivity index (χ2n) is 6.33. The van der Waals surface area contributed by atoms with Crippen molar-refractivity contribution in [1.82, 2.24) is 4.90 Å². The third-order valence-corrected chi connectivity index (χ3v) is 4.89. The number of benzene rings is 1. The lowest BCUT2D eigenvalue weighted by molar-refractivity contribution is -0.286. The standard InChI is InChI=1S/C16H20F3NO/c17-16(18,19)15(21)9-13-7-4-8-14(10-15)20(13)11-12-5-2-1-3-6-12/h1-3,5-6,13-14,21H,4,7-11H2/t13-,14-/m0/s1. The average molecular weight is 299 g/mol. The molecule has 2 aliphatic heterocycles. The molecule has 2 atom stereocenters. The van der Waals surface area contributed by atoms with Crippen LogP contribution in [-0.4, -0.2) is 33.9 Å². The van der Waals surface area contributed by atoms with Gasteiger partial charge in [0, 0.05) is 31.5 Å². The number of hydrogen-bond acceptors (Lipinski definition) is 2. The van der Waals surface area contributed by atoms with E-state index in [0.29, 0.717) is 6.54 Å². The number of fused-ring (bicyclic) bond motifs is 2. The van der Waals surface area contributed by atoms with Gasteiger partial charge in [0.2, 0.25) is 0 Å². The minimum Gasteiger partial charge on any atom is -0.380 e. The minimum absolute atomic E-state index is 0.177. The zero-order valence-electron chi connectivity index (χ0n) is 11.8. The minimum atomic E-state index is -4.53. The summed E-state index contributed by atoms with van der Waals surface area (Å²) in [5.41, 5.74) is -1.39. The van der Waals surface area contributed by atoms with Crippen LogP contribution in [0.4, 0.5) is 13.2 Å². The van der Waals surface area contributed by atoms with Crippen molar-refractivity contribution in [2.45, 2.75) is 62.5 Å². The average Bonchev–Trinajstić information content (AvgIpc) is 2.40. The first kappa shape index (κ1) is 14.9. The predicted molar refractivity (Wildman–Crippen MR) is 73.7 cm³/mol. The first-order chi connectivity index (χ1) is 9.89. The van der Waals surface area contributed by atoms with Gasteiger partial charge in [0.25, 0.3) is 0 Å². The van der Waals surface area contributed by atoms with Crippen molar-refractivity contribution in [1.29, 1.82) is 0 Å². The Kier molecular flexibility index (Phi) is 3.74. The molecule has 0 unspecified atom stereocenters. The highest BCUT2D eigenvalue weighted by Crippen LogP contribution is 2.47. The summed E-state index contributed by atoms with van der Waals surface area (Å²) >= 11 is 0. The lowest BCUT2D eigenvalue weighted by Crippen LogP contribution is -2.62. The van der Waals surface area contributed by atoms with Gasteiger partial charge in [-0.3, -0.25) is 4.90 Å². The molecule has 1 aromatic rings. The third kappa shape index (κ3) is 2.81. The molecular formula is C16H20F3NO. The molecule has 2 saturated heterocycles. The first-order valence-corrected chi connectivity index (χ1v) is 7.48. The molecule has 0 spiro atoms. The zero-order chi connectivity index (χ0) is 15.1. The van der Waals surface area contributed by atoms with Crippen LogP contribution in [0, 0.1) is 0 Å².